The number of ether oxygens (including phenoxy) is 1. The van der Waals surface area contributed by atoms with Gasteiger partial charge in [-0.2, -0.15) is 0 Å². The molecule has 0 aliphatic heterocycles. The minimum absolute atomic E-state index is 0.475. The SMILES string of the molecule is C=CCN(CC=C)C(C(=O)O)c1cccc(OCCC)c1. The number of nitrogens with zero attached hydrogens (tertiary/aromatic N) is 1. The van der Waals surface area contributed by atoms with Crippen LogP contribution in [0.15, 0.2) is 49.6 Å². The van der Waals surface area contributed by atoms with Crippen LogP contribution in [0.2, 0.25) is 0 Å². The van der Waals surface area contributed by atoms with Crippen molar-refractivity contribution in [3.05, 3.63) is 55.1 Å². The lowest BCUT2D eigenvalue weighted by Gasteiger charge is -2.27. The van der Waals surface area contributed by atoms with Crippen molar-refractivity contribution in [3.8, 4) is 5.75 Å². The van der Waals surface area contributed by atoms with Gasteiger partial charge in [-0.05, 0) is 24.1 Å². The van der Waals surface area contributed by atoms with Crippen molar-refractivity contribution in [1.29, 1.82) is 0 Å². The Morgan fingerprint density at radius 3 is 2.57 bits per heavy atom. The molecule has 1 unspecified atom stereocenters. The number of benzene rings is 1. The van der Waals surface area contributed by atoms with E-state index >= 15 is 0 Å². The number of carbonyl (C=O) groups is 1. The Balaban J connectivity index is 3.05. The van der Waals surface area contributed by atoms with Crippen molar-refractivity contribution in [2.24, 2.45) is 0 Å². The van der Waals surface area contributed by atoms with Crippen LogP contribution in [0.25, 0.3) is 0 Å². The van der Waals surface area contributed by atoms with Gasteiger partial charge in [0.1, 0.15) is 11.8 Å². The molecule has 0 amide bonds. The van der Waals surface area contributed by atoms with Crippen molar-refractivity contribution in [2.75, 3.05) is 19.7 Å². The smallest absolute Gasteiger partial charge is 0.325 e. The van der Waals surface area contributed by atoms with Gasteiger partial charge in [-0.15, -0.1) is 13.2 Å². The maximum Gasteiger partial charge on any atom is 0.325 e. The van der Waals surface area contributed by atoms with Crippen LogP contribution in [-0.2, 0) is 4.79 Å². The summed E-state index contributed by atoms with van der Waals surface area (Å²) in [6.45, 7) is 11.0. The van der Waals surface area contributed by atoms with Gasteiger partial charge >= 0.3 is 5.97 Å². The molecule has 0 aromatic heterocycles. The van der Waals surface area contributed by atoms with Gasteiger partial charge < -0.3 is 9.84 Å². The molecule has 4 nitrogen and oxygen atoms in total. The molecular formula is C17H23NO3. The average molecular weight is 289 g/mol. The normalized spacial score (nSPS) is 11.9. The maximum absolute atomic E-state index is 11.7. The van der Waals surface area contributed by atoms with Gasteiger partial charge in [-0.25, -0.2) is 0 Å². The Morgan fingerprint density at radius 1 is 1.38 bits per heavy atom. The lowest BCUT2D eigenvalue weighted by atomic mass is 10.0. The van der Waals surface area contributed by atoms with Crippen LogP contribution in [0, 0.1) is 0 Å². The molecule has 1 rings (SSSR count). The Kier molecular flexibility index (Phi) is 7.26. The average Bonchev–Trinajstić information content (AvgIpc) is 2.46. The van der Waals surface area contributed by atoms with E-state index < -0.39 is 12.0 Å². The highest BCUT2D eigenvalue weighted by Gasteiger charge is 2.26. The zero-order valence-electron chi connectivity index (χ0n) is 12.5. The van der Waals surface area contributed by atoms with Crippen LogP contribution in [0.4, 0.5) is 0 Å². The third-order valence-corrected chi connectivity index (χ3v) is 2.97. The van der Waals surface area contributed by atoms with Gasteiger partial charge in [0.15, 0.2) is 0 Å². The van der Waals surface area contributed by atoms with E-state index in [4.69, 9.17) is 4.74 Å². The third kappa shape index (κ3) is 5.08. The molecule has 0 spiro atoms. The second kappa shape index (κ2) is 8.97. The number of hydrogen-bond donors (Lipinski definition) is 1. The zero-order valence-corrected chi connectivity index (χ0v) is 12.5. The zero-order chi connectivity index (χ0) is 15.7. The predicted molar refractivity (Wildman–Crippen MR) is 84.6 cm³/mol. The summed E-state index contributed by atoms with van der Waals surface area (Å²) in [6.07, 6.45) is 4.29. The highest BCUT2D eigenvalue weighted by molar-refractivity contribution is 5.75. The highest BCUT2D eigenvalue weighted by atomic mass is 16.5. The van der Waals surface area contributed by atoms with Gasteiger partial charge in [0.05, 0.1) is 6.61 Å². The minimum atomic E-state index is -0.897. The van der Waals surface area contributed by atoms with E-state index in [1.54, 1.807) is 29.2 Å². The Hall–Kier alpha value is -2.07. The molecule has 114 valence electrons. The molecule has 0 saturated heterocycles. The monoisotopic (exact) mass is 289 g/mol. The minimum Gasteiger partial charge on any atom is -0.494 e. The lowest BCUT2D eigenvalue weighted by Crippen LogP contribution is -2.34. The third-order valence-electron chi connectivity index (χ3n) is 2.97. The largest absolute Gasteiger partial charge is 0.494 e. The molecule has 0 heterocycles. The van der Waals surface area contributed by atoms with E-state index in [0.717, 1.165) is 6.42 Å². The summed E-state index contributed by atoms with van der Waals surface area (Å²) in [5, 5.41) is 9.57. The second-order valence-electron chi connectivity index (χ2n) is 4.69. The van der Waals surface area contributed by atoms with Gasteiger partial charge in [-0.3, -0.25) is 9.69 Å². The predicted octanol–water partition coefficient (Wildman–Crippen LogP) is 3.28. The van der Waals surface area contributed by atoms with Gasteiger partial charge in [0, 0.05) is 13.1 Å². The van der Waals surface area contributed by atoms with E-state index in [2.05, 4.69) is 13.2 Å². The molecular weight excluding hydrogens is 266 g/mol. The van der Waals surface area contributed by atoms with Crippen LogP contribution >= 0.6 is 0 Å². The summed E-state index contributed by atoms with van der Waals surface area (Å²) < 4.78 is 5.57. The van der Waals surface area contributed by atoms with E-state index in [-0.39, 0.29) is 0 Å². The first kappa shape index (κ1) is 17.0. The highest BCUT2D eigenvalue weighted by Crippen LogP contribution is 2.25. The van der Waals surface area contributed by atoms with Crippen molar-refractivity contribution in [3.63, 3.8) is 0 Å². The van der Waals surface area contributed by atoms with E-state index in [1.165, 1.54) is 0 Å². The Labute approximate surface area is 126 Å². The van der Waals surface area contributed by atoms with Crippen molar-refractivity contribution in [2.45, 2.75) is 19.4 Å². The lowest BCUT2D eigenvalue weighted by molar-refractivity contribution is -0.143. The van der Waals surface area contributed by atoms with E-state index in [0.29, 0.717) is 31.0 Å². The fraction of sp³-hybridized carbons (Fsp3) is 0.353. The van der Waals surface area contributed by atoms with E-state index in [1.807, 2.05) is 19.1 Å². The molecule has 0 saturated carbocycles. The number of hydrogen-bond acceptors (Lipinski definition) is 3. The Morgan fingerprint density at radius 2 is 2.05 bits per heavy atom. The summed E-state index contributed by atoms with van der Waals surface area (Å²) in [5.74, 6) is -0.205. The van der Waals surface area contributed by atoms with Crippen LogP contribution in [0.1, 0.15) is 24.9 Å². The first-order chi connectivity index (χ1) is 10.1. The fourth-order valence-corrected chi connectivity index (χ4v) is 2.12. The van der Waals surface area contributed by atoms with Gasteiger partial charge in [0.25, 0.3) is 0 Å². The van der Waals surface area contributed by atoms with Crippen molar-refractivity contribution in [1.82, 2.24) is 4.90 Å². The maximum atomic E-state index is 11.7. The molecule has 0 aliphatic rings. The first-order valence-electron chi connectivity index (χ1n) is 7.05. The first-order valence-corrected chi connectivity index (χ1v) is 7.05. The summed E-state index contributed by atoms with van der Waals surface area (Å²) >= 11 is 0. The van der Waals surface area contributed by atoms with Crippen LogP contribution in [-0.4, -0.2) is 35.7 Å². The van der Waals surface area contributed by atoms with Gasteiger partial charge in [-0.1, -0.05) is 31.2 Å². The fourth-order valence-electron chi connectivity index (χ4n) is 2.12. The molecule has 1 atom stereocenters. The summed E-state index contributed by atoms with van der Waals surface area (Å²) in [7, 11) is 0. The second-order valence-corrected chi connectivity index (χ2v) is 4.69. The van der Waals surface area contributed by atoms with E-state index in [9.17, 15) is 9.90 Å². The summed E-state index contributed by atoms with van der Waals surface area (Å²) in [6, 6.07) is 6.50. The Bertz CT molecular complexity index is 475. The topological polar surface area (TPSA) is 49.8 Å². The number of carboxylic acids is 1. The standard InChI is InChI=1S/C17H23NO3/c1-4-10-18(11-5-2)16(17(19)20)14-8-7-9-15(13-14)21-12-6-3/h4-5,7-9,13,16H,1-2,6,10-12H2,3H3,(H,19,20). The molecule has 1 aromatic carbocycles. The van der Waals surface area contributed by atoms with Crippen molar-refractivity contribution >= 4 is 5.97 Å². The summed E-state index contributed by atoms with van der Waals surface area (Å²) in [5.41, 5.74) is 0.694. The van der Waals surface area contributed by atoms with Gasteiger partial charge in [0.2, 0.25) is 0 Å². The molecule has 0 fully saturated rings. The molecule has 21 heavy (non-hydrogen) atoms. The quantitative estimate of drug-likeness (QED) is 0.672. The molecule has 0 bridgehead atoms. The van der Waals surface area contributed by atoms with Crippen LogP contribution < -0.4 is 4.74 Å². The number of aliphatic carboxylic acids is 1. The molecule has 1 aromatic rings. The molecule has 0 aliphatic carbocycles. The number of rotatable bonds is 10. The molecule has 0 radical (unpaired) electrons. The van der Waals surface area contributed by atoms with Crippen LogP contribution in [0.3, 0.4) is 0 Å². The summed E-state index contributed by atoms with van der Waals surface area (Å²) in [4.78, 5) is 13.5. The molecule has 1 N–H and O–H groups in total. The number of carboxylic acid groups (broad SMARTS) is 1. The molecule has 4 heteroatoms. The van der Waals surface area contributed by atoms with Crippen molar-refractivity contribution < 1.29 is 14.6 Å². The van der Waals surface area contributed by atoms with Crippen LogP contribution in [0.5, 0.6) is 5.75 Å².